The van der Waals surface area contributed by atoms with Crippen molar-refractivity contribution in [2.45, 2.75) is 77.4 Å². The van der Waals surface area contributed by atoms with Crippen LogP contribution in [0.5, 0.6) is 0 Å². The Bertz CT molecular complexity index is 220. The second-order valence-corrected chi connectivity index (χ2v) is 5.25. The molecule has 1 atom stereocenters. The highest BCUT2D eigenvalue weighted by Gasteiger charge is 2.27. The van der Waals surface area contributed by atoms with Gasteiger partial charge in [0.2, 0.25) is 0 Å². The smallest absolute Gasteiger partial charge is 0.309 e. The van der Waals surface area contributed by atoms with E-state index >= 15 is 0 Å². The van der Waals surface area contributed by atoms with Gasteiger partial charge in [0, 0.05) is 0 Å². The molecule has 1 unspecified atom stereocenters. The van der Waals surface area contributed by atoms with E-state index in [-0.39, 0.29) is 24.1 Å². The van der Waals surface area contributed by atoms with E-state index in [2.05, 4.69) is 6.92 Å². The van der Waals surface area contributed by atoms with Gasteiger partial charge in [-0.3, -0.25) is 4.79 Å². The first-order valence-electron chi connectivity index (χ1n) is 7.02. The molecule has 100 valence electrons. The highest BCUT2D eigenvalue weighted by Crippen LogP contribution is 2.25. The van der Waals surface area contributed by atoms with Crippen LogP contribution in [0.3, 0.4) is 0 Å². The molecule has 0 saturated heterocycles. The monoisotopic (exact) mass is 242 g/mol. The summed E-state index contributed by atoms with van der Waals surface area (Å²) in [6, 6.07) is 0. The Kier molecular flexibility index (Phi) is 6.56. The van der Waals surface area contributed by atoms with Crippen LogP contribution in [0.2, 0.25) is 0 Å². The van der Waals surface area contributed by atoms with Crippen molar-refractivity contribution in [3.05, 3.63) is 0 Å². The number of carbonyl (C=O) groups excluding carboxylic acids is 1. The Morgan fingerprint density at radius 1 is 1.29 bits per heavy atom. The molecule has 0 aromatic heterocycles. The molecular formula is C14H26O3. The number of ether oxygens (including phenoxy) is 1. The first-order chi connectivity index (χ1) is 8.13. The van der Waals surface area contributed by atoms with Crippen molar-refractivity contribution in [3.8, 4) is 0 Å². The van der Waals surface area contributed by atoms with Crippen LogP contribution < -0.4 is 0 Å². The van der Waals surface area contributed by atoms with Crippen molar-refractivity contribution >= 4 is 5.97 Å². The largest absolute Gasteiger partial charge is 0.462 e. The van der Waals surface area contributed by atoms with Crippen molar-refractivity contribution in [2.75, 3.05) is 0 Å². The van der Waals surface area contributed by atoms with Crippen LogP contribution in [0.15, 0.2) is 0 Å². The van der Waals surface area contributed by atoms with Crippen LogP contribution in [0.25, 0.3) is 0 Å². The fraction of sp³-hybridized carbons (Fsp3) is 0.929. The maximum atomic E-state index is 11.8. The number of hydrogen-bond acceptors (Lipinski definition) is 3. The minimum atomic E-state index is -0.207. The molecule has 3 nitrogen and oxygen atoms in total. The van der Waals surface area contributed by atoms with Crippen LogP contribution in [0, 0.1) is 5.92 Å². The third-order valence-corrected chi connectivity index (χ3v) is 3.56. The maximum Gasteiger partial charge on any atom is 0.309 e. The molecule has 1 rings (SSSR count). The van der Waals surface area contributed by atoms with Crippen LogP contribution in [-0.4, -0.2) is 23.3 Å². The molecule has 0 radical (unpaired) electrons. The molecule has 1 N–H and O–H groups in total. The summed E-state index contributed by atoms with van der Waals surface area (Å²) in [5.41, 5.74) is 0. The molecule has 0 aromatic rings. The number of hydrogen-bond donors (Lipinski definition) is 1. The third-order valence-electron chi connectivity index (χ3n) is 3.56. The van der Waals surface area contributed by atoms with E-state index in [0.717, 1.165) is 38.5 Å². The van der Waals surface area contributed by atoms with Gasteiger partial charge in [-0.1, -0.05) is 19.8 Å². The Hall–Kier alpha value is -0.570. The second kappa shape index (κ2) is 7.70. The fourth-order valence-corrected chi connectivity index (χ4v) is 2.35. The molecule has 1 aliphatic carbocycles. The molecule has 3 heteroatoms. The van der Waals surface area contributed by atoms with Gasteiger partial charge in [0.05, 0.1) is 18.1 Å². The third kappa shape index (κ3) is 5.53. The van der Waals surface area contributed by atoms with E-state index in [4.69, 9.17) is 4.74 Å². The lowest BCUT2D eigenvalue weighted by Crippen LogP contribution is -2.28. The molecule has 0 heterocycles. The summed E-state index contributed by atoms with van der Waals surface area (Å²) in [6.45, 7) is 4.15. The maximum absolute atomic E-state index is 11.8. The molecule has 17 heavy (non-hydrogen) atoms. The summed E-state index contributed by atoms with van der Waals surface area (Å²) in [6.07, 6.45) is 7.38. The van der Waals surface area contributed by atoms with Gasteiger partial charge >= 0.3 is 5.97 Å². The normalized spacial score (nSPS) is 26.5. The zero-order chi connectivity index (χ0) is 12.7. The van der Waals surface area contributed by atoms with Crippen molar-refractivity contribution in [3.63, 3.8) is 0 Å². The van der Waals surface area contributed by atoms with Crippen molar-refractivity contribution in [2.24, 2.45) is 5.92 Å². The first-order valence-corrected chi connectivity index (χ1v) is 7.02. The fourth-order valence-electron chi connectivity index (χ4n) is 2.35. The highest BCUT2D eigenvalue weighted by molar-refractivity contribution is 5.72. The molecule has 0 aliphatic heterocycles. The number of rotatable bonds is 6. The van der Waals surface area contributed by atoms with Gasteiger partial charge in [-0.15, -0.1) is 0 Å². The van der Waals surface area contributed by atoms with Crippen molar-refractivity contribution < 1.29 is 14.6 Å². The van der Waals surface area contributed by atoms with Gasteiger partial charge in [0.25, 0.3) is 0 Å². The summed E-state index contributed by atoms with van der Waals surface area (Å²) < 4.78 is 5.45. The number of esters is 1. The van der Waals surface area contributed by atoms with E-state index in [9.17, 15) is 9.90 Å². The average molecular weight is 242 g/mol. The van der Waals surface area contributed by atoms with Crippen molar-refractivity contribution in [1.29, 1.82) is 0 Å². The predicted molar refractivity (Wildman–Crippen MR) is 67.7 cm³/mol. The molecular weight excluding hydrogens is 216 g/mol. The van der Waals surface area contributed by atoms with E-state index in [1.54, 1.807) is 0 Å². The van der Waals surface area contributed by atoms with Crippen LogP contribution in [0.4, 0.5) is 0 Å². The van der Waals surface area contributed by atoms with Crippen molar-refractivity contribution in [1.82, 2.24) is 0 Å². The quantitative estimate of drug-likeness (QED) is 0.575. The standard InChI is InChI=1S/C14H26O3/c1-3-4-5-6-11(2)17-14(16)12-7-9-13(15)10-8-12/h11-13,15H,3-10H2,1-2H3. The topological polar surface area (TPSA) is 46.5 Å². The lowest BCUT2D eigenvalue weighted by molar-refractivity contribution is -0.155. The highest BCUT2D eigenvalue weighted by atomic mass is 16.5. The molecule has 0 amide bonds. The SMILES string of the molecule is CCCCCC(C)OC(=O)C1CCC(O)CC1. The molecule has 0 aromatic carbocycles. The van der Waals surface area contributed by atoms with E-state index in [0.29, 0.717) is 0 Å². The molecule has 0 bridgehead atoms. The number of aliphatic hydroxyl groups excluding tert-OH is 1. The number of carbonyl (C=O) groups is 1. The number of aliphatic hydroxyl groups is 1. The Labute approximate surface area is 105 Å². The summed E-state index contributed by atoms with van der Waals surface area (Å²) in [5.74, 6) is -0.0343. The Balaban J connectivity index is 2.19. The van der Waals surface area contributed by atoms with Gasteiger partial charge < -0.3 is 9.84 Å². The van der Waals surface area contributed by atoms with Gasteiger partial charge in [-0.2, -0.15) is 0 Å². The zero-order valence-electron chi connectivity index (χ0n) is 11.2. The van der Waals surface area contributed by atoms with Gasteiger partial charge in [-0.25, -0.2) is 0 Å². The van der Waals surface area contributed by atoms with Gasteiger partial charge in [0.15, 0.2) is 0 Å². The van der Waals surface area contributed by atoms with Crippen LogP contribution in [-0.2, 0) is 9.53 Å². The minimum Gasteiger partial charge on any atom is -0.462 e. The van der Waals surface area contributed by atoms with E-state index in [1.807, 2.05) is 6.92 Å². The minimum absolute atomic E-state index is 0.0204. The summed E-state index contributed by atoms with van der Waals surface area (Å²) >= 11 is 0. The lowest BCUT2D eigenvalue weighted by atomic mass is 9.87. The first kappa shape index (κ1) is 14.5. The van der Waals surface area contributed by atoms with E-state index < -0.39 is 0 Å². The van der Waals surface area contributed by atoms with Crippen LogP contribution in [0.1, 0.15) is 65.2 Å². The number of unbranched alkanes of at least 4 members (excludes halogenated alkanes) is 2. The molecule has 0 spiro atoms. The van der Waals surface area contributed by atoms with Crippen LogP contribution >= 0.6 is 0 Å². The summed E-state index contributed by atoms with van der Waals surface area (Å²) in [7, 11) is 0. The summed E-state index contributed by atoms with van der Waals surface area (Å²) in [4.78, 5) is 11.8. The Morgan fingerprint density at radius 3 is 2.53 bits per heavy atom. The van der Waals surface area contributed by atoms with Gasteiger partial charge in [-0.05, 0) is 45.4 Å². The molecule has 1 saturated carbocycles. The predicted octanol–water partition coefficient (Wildman–Crippen LogP) is 3.05. The average Bonchev–Trinajstić information content (AvgIpc) is 2.30. The summed E-state index contributed by atoms with van der Waals surface area (Å²) in [5, 5.41) is 9.38. The zero-order valence-corrected chi connectivity index (χ0v) is 11.2. The Morgan fingerprint density at radius 2 is 1.94 bits per heavy atom. The second-order valence-electron chi connectivity index (χ2n) is 5.25. The van der Waals surface area contributed by atoms with Gasteiger partial charge in [0.1, 0.15) is 0 Å². The lowest BCUT2D eigenvalue weighted by Gasteiger charge is -2.25. The van der Waals surface area contributed by atoms with E-state index in [1.165, 1.54) is 12.8 Å². The molecule has 1 aliphatic rings. The molecule has 1 fully saturated rings.